The molecule has 0 aromatic carbocycles. The summed E-state index contributed by atoms with van der Waals surface area (Å²) in [6.45, 7) is 1.19. The molecular weight excluding hydrogens is 572 g/mol. The topological polar surface area (TPSA) is 52.0 Å². The smallest absolute Gasteiger partial charge is 1.00 e. The van der Waals surface area contributed by atoms with Crippen molar-refractivity contribution in [1.82, 2.24) is 0 Å². The molecule has 0 unspecified atom stereocenters. The maximum Gasteiger partial charge on any atom is 4.00 e. The zero-order valence-electron chi connectivity index (χ0n) is 4.40. The van der Waals surface area contributed by atoms with E-state index in [1.807, 2.05) is 0 Å². The standard InChI is InChI=1S/C2H8N2.2ClH.2HI.Pt/c3-1-2-4;;;;;/h1-4H2;4*1H;/q;;;;;+4/p-4. The zero-order chi connectivity index (χ0) is 3.41. The monoisotopic (exact) mass is 579 g/mol. The van der Waals surface area contributed by atoms with Crippen molar-refractivity contribution in [3.63, 3.8) is 0 Å². The van der Waals surface area contributed by atoms with Gasteiger partial charge in [-0.05, 0) is 0 Å². The Bertz CT molecular complexity index is 22.5. The SMILES string of the molecule is NCCN.[Cl-].[Cl-].[I-].[I-].[Pt+4]. The molecule has 4 N–H and O–H groups in total. The van der Waals surface area contributed by atoms with E-state index >= 15 is 0 Å². The quantitative estimate of drug-likeness (QED) is 0.304. The summed E-state index contributed by atoms with van der Waals surface area (Å²) in [5, 5.41) is 0. The van der Waals surface area contributed by atoms with Crippen molar-refractivity contribution in [1.29, 1.82) is 0 Å². The summed E-state index contributed by atoms with van der Waals surface area (Å²) in [6.07, 6.45) is 0. The molecule has 0 aromatic rings. The van der Waals surface area contributed by atoms with E-state index in [4.69, 9.17) is 11.5 Å². The molecule has 0 saturated heterocycles. The summed E-state index contributed by atoms with van der Waals surface area (Å²) in [6, 6.07) is 0. The van der Waals surface area contributed by atoms with Crippen LogP contribution in [-0.2, 0) is 21.1 Å². The molecule has 0 amide bonds. The van der Waals surface area contributed by atoms with E-state index in [0.717, 1.165) is 0 Å². The summed E-state index contributed by atoms with van der Waals surface area (Å²) in [4.78, 5) is 0. The van der Waals surface area contributed by atoms with Gasteiger partial charge in [0.05, 0.1) is 0 Å². The van der Waals surface area contributed by atoms with Crippen molar-refractivity contribution in [3.05, 3.63) is 0 Å². The third-order valence-corrected chi connectivity index (χ3v) is 0.167. The van der Waals surface area contributed by atoms with Gasteiger partial charge < -0.3 is 84.2 Å². The molecule has 0 aliphatic rings. The van der Waals surface area contributed by atoms with Crippen LogP contribution in [0.1, 0.15) is 0 Å². The molecule has 0 spiro atoms. The van der Waals surface area contributed by atoms with Gasteiger partial charge in [-0.1, -0.05) is 0 Å². The van der Waals surface area contributed by atoms with Gasteiger partial charge in [-0.15, -0.1) is 0 Å². The number of halogens is 4. The van der Waals surface area contributed by atoms with E-state index in [1.54, 1.807) is 0 Å². The minimum atomic E-state index is 0. The summed E-state index contributed by atoms with van der Waals surface area (Å²) in [7, 11) is 0. The van der Waals surface area contributed by atoms with Crippen LogP contribution < -0.4 is 84.2 Å². The van der Waals surface area contributed by atoms with Crippen molar-refractivity contribution in [2.75, 3.05) is 13.1 Å². The van der Waals surface area contributed by atoms with E-state index in [9.17, 15) is 0 Å². The molecule has 0 heterocycles. The third kappa shape index (κ3) is 59.8. The first kappa shape index (κ1) is 41.4. The van der Waals surface area contributed by atoms with Gasteiger partial charge in [0.25, 0.3) is 0 Å². The Morgan fingerprint density at radius 3 is 0.889 bits per heavy atom. The molecular formula is C2H8Cl2I2N2Pt. The van der Waals surface area contributed by atoms with E-state index in [-0.39, 0.29) is 93.8 Å². The predicted molar refractivity (Wildman–Crippen MR) is 18.1 cm³/mol. The van der Waals surface area contributed by atoms with Crippen molar-refractivity contribution in [2.24, 2.45) is 11.5 Å². The molecule has 0 saturated carbocycles. The van der Waals surface area contributed by atoms with Crippen molar-refractivity contribution in [2.45, 2.75) is 0 Å². The Balaban J connectivity index is -0.00000000450. The average molecular weight is 580 g/mol. The molecule has 0 fully saturated rings. The van der Waals surface area contributed by atoms with Crippen LogP contribution in [-0.4, -0.2) is 13.1 Å². The predicted octanol–water partition coefficient (Wildman–Crippen LogP) is -13.1. The van der Waals surface area contributed by atoms with Gasteiger partial charge in [-0.3, -0.25) is 0 Å². The summed E-state index contributed by atoms with van der Waals surface area (Å²) in [5.74, 6) is 0. The minimum Gasteiger partial charge on any atom is -1.00 e. The van der Waals surface area contributed by atoms with Crippen molar-refractivity contribution in [3.8, 4) is 0 Å². The van der Waals surface area contributed by atoms with Gasteiger partial charge in [-0.25, -0.2) is 0 Å². The number of hydrogen-bond acceptors (Lipinski definition) is 2. The first-order valence-electron chi connectivity index (χ1n) is 1.32. The van der Waals surface area contributed by atoms with Crippen LogP contribution in [0.4, 0.5) is 0 Å². The first-order chi connectivity index (χ1) is 1.91. The average Bonchev–Trinajstić information content (AvgIpc) is 1.37. The Morgan fingerprint density at radius 1 is 0.778 bits per heavy atom. The largest absolute Gasteiger partial charge is 4.00 e. The van der Waals surface area contributed by atoms with Gasteiger partial charge in [0.1, 0.15) is 0 Å². The van der Waals surface area contributed by atoms with Crippen molar-refractivity contribution < 1.29 is 93.8 Å². The van der Waals surface area contributed by atoms with E-state index in [1.165, 1.54) is 0 Å². The molecule has 0 aliphatic carbocycles. The molecule has 0 radical (unpaired) electrons. The fourth-order valence-corrected chi connectivity index (χ4v) is 0. The second-order valence-electron chi connectivity index (χ2n) is 0.577. The van der Waals surface area contributed by atoms with Crippen LogP contribution in [0.15, 0.2) is 0 Å². The second-order valence-corrected chi connectivity index (χ2v) is 0.577. The molecule has 0 aliphatic heterocycles. The van der Waals surface area contributed by atoms with E-state index < -0.39 is 0 Å². The van der Waals surface area contributed by atoms with Crippen LogP contribution in [0.5, 0.6) is 0 Å². The fraction of sp³-hybridized carbons (Fsp3) is 1.00. The number of hydrogen-bond donors (Lipinski definition) is 2. The molecule has 7 heteroatoms. The summed E-state index contributed by atoms with van der Waals surface area (Å²) in [5.41, 5.74) is 9.81. The molecule has 0 atom stereocenters. The van der Waals surface area contributed by atoms with Crippen LogP contribution in [0.3, 0.4) is 0 Å². The molecule has 64 valence electrons. The van der Waals surface area contributed by atoms with Gasteiger partial charge >= 0.3 is 21.1 Å². The maximum absolute atomic E-state index is 4.90. The van der Waals surface area contributed by atoms with Gasteiger partial charge in [0.2, 0.25) is 0 Å². The van der Waals surface area contributed by atoms with E-state index in [2.05, 4.69) is 0 Å². The van der Waals surface area contributed by atoms with Gasteiger partial charge in [-0.2, -0.15) is 0 Å². The maximum atomic E-state index is 4.90. The van der Waals surface area contributed by atoms with Crippen LogP contribution in [0, 0.1) is 0 Å². The van der Waals surface area contributed by atoms with Gasteiger partial charge in [0.15, 0.2) is 0 Å². The summed E-state index contributed by atoms with van der Waals surface area (Å²) >= 11 is 0. The fourth-order valence-electron chi connectivity index (χ4n) is 0. The van der Waals surface area contributed by atoms with Crippen LogP contribution >= 0.6 is 0 Å². The van der Waals surface area contributed by atoms with Crippen molar-refractivity contribution >= 4 is 0 Å². The van der Waals surface area contributed by atoms with Gasteiger partial charge in [0, 0.05) is 13.1 Å². The van der Waals surface area contributed by atoms with Crippen LogP contribution in [0.25, 0.3) is 0 Å². The molecule has 0 rings (SSSR count). The minimum absolute atomic E-state index is 0. The normalized spacial score (nSPS) is 3.33. The zero-order valence-corrected chi connectivity index (χ0v) is 12.5. The Labute approximate surface area is 117 Å². The molecule has 0 bridgehead atoms. The Kier molecular flexibility index (Phi) is 211. The second kappa shape index (κ2) is 45.9. The van der Waals surface area contributed by atoms with Crippen LogP contribution in [0.2, 0.25) is 0 Å². The van der Waals surface area contributed by atoms with E-state index in [0.29, 0.717) is 13.1 Å². The summed E-state index contributed by atoms with van der Waals surface area (Å²) < 4.78 is 0. The Morgan fingerprint density at radius 2 is 0.889 bits per heavy atom. The first-order valence-corrected chi connectivity index (χ1v) is 1.32. The Hall–Kier alpha value is 2.65. The number of rotatable bonds is 1. The molecule has 9 heavy (non-hydrogen) atoms. The molecule has 2 nitrogen and oxygen atoms in total. The molecule has 0 aromatic heterocycles. The number of nitrogens with two attached hydrogens (primary N) is 2. The third-order valence-electron chi connectivity index (χ3n) is 0.167.